The minimum absolute atomic E-state index is 0.0334. The summed E-state index contributed by atoms with van der Waals surface area (Å²) in [5.74, 6) is 0.266. The number of aryl methyl sites for hydroxylation is 1. The molecule has 1 heterocycles. The number of nitrogens with one attached hydrogen (secondary N) is 2. The summed E-state index contributed by atoms with van der Waals surface area (Å²) in [6, 6.07) is 16.1. The maximum absolute atomic E-state index is 13.5. The van der Waals surface area contributed by atoms with Crippen molar-refractivity contribution >= 4 is 23.5 Å². The Balaban J connectivity index is 1.44. The van der Waals surface area contributed by atoms with Gasteiger partial charge in [-0.2, -0.15) is 0 Å². The number of rotatable bonds is 6. The van der Waals surface area contributed by atoms with Crippen LogP contribution in [0.3, 0.4) is 0 Å². The molecule has 0 spiro atoms. The van der Waals surface area contributed by atoms with Gasteiger partial charge in [-0.25, -0.2) is 4.79 Å². The predicted molar refractivity (Wildman–Crippen MR) is 128 cm³/mol. The van der Waals surface area contributed by atoms with Gasteiger partial charge in [0.2, 0.25) is 11.8 Å². The zero-order valence-electron chi connectivity index (χ0n) is 19.3. The lowest BCUT2D eigenvalue weighted by molar-refractivity contribution is -0.144. The van der Waals surface area contributed by atoms with Crippen molar-refractivity contribution in [3.8, 4) is 0 Å². The first-order valence-corrected chi connectivity index (χ1v) is 11.7. The maximum Gasteiger partial charge on any atom is 0.319 e. The number of piperazine rings is 1. The fourth-order valence-corrected chi connectivity index (χ4v) is 4.35. The van der Waals surface area contributed by atoms with E-state index < -0.39 is 12.1 Å². The molecule has 1 saturated heterocycles. The van der Waals surface area contributed by atoms with Gasteiger partial charge in [-0.15, -0.1) is 0 Å². The van der Waals surface area contributed by atoms with Gasteiger partial charge in [-0.3, -0.25) is 9.59 Å². The maximum atomic E-state index is 13.5. The van der Waals surface area contributed by atoms with Crippen LogP contribution in [0.2, 0.25) is 0 Å². The van der Waals surface area contributed by atoms with E-state index in [1.54, 1.807) is 4.90 Å². The third-order valence-electron chi connectivity index (χ3n) is 6.43. The average molecular weight is 449 g/mol. The lowest BCUT2D eigenvalue weighted by Gasteiger charge is -2.41. The summed E-state index contributed by atoms with van der Waals surface area (Å²) in [5, 5.41) is 5.75. The van der Waals surface area contributed by atoms with Crippen LogP contribution in [0.4, 0.5) is 10.5 Å². The molecule has 1 aliphatic heterocycles. The highest BCUT2D eigenvalue weighted by Gasteiger charge is 2.39. The highest BCUT2D eigenvalue weighted by Crippen LogP contribution is 2.32. The van der Waals surface area contributed by atoms with E-state index in [9.17, 15) is 14.4 Å². The Labute approximate surface area is 195 Å². The molecular formula is C26H32N4O3. The molecule has 7 nitrogen and oxygen atoms in total. The van der Waals surface area contributed by atoms with Crippen LogP contribution in [-0.2, 0) is 16.0 Å². The second-order valence-corrected chi connectivity index (χ2v) is 9.09. The quantitative estimate of drug-likeness (QED) is 0.712. The largest absolute Gasteiger partial charge is 0.337 e. The average Bonchev–Trinajstić information content (AvgIpc) is 3.65. The van der Waals surface area contributed by atoms with Gasteiger partial charge >= 0.3 is 6.03 Å². The number of carbonyl (C=O) groups is 3. The molecule has 1 saturated carbocycles. The summed E-state index contributed by atoms with van der Waals surface area (Å²) in [4.78, 5) is 42.5. The van der Waals surface area contributed by atoms with Crippen molar-refractivity contribution in [1.82, 2.24) is 15.1 Å². The molecule has 2 aromatic rings. The second-order valence-electron chi connectivity index (χ2n) is 9.09. The number of urea groups is 1. The van der Waals surface area contributed by atoms with E-state index >= 15 is 0 Å². The fraction of sp³-hybridized carbons (Fsp3) is 0.423. The smallest absolute Gasteiger partial charge is 0.319 e. The first kappa shape index (κ1) is 22.8. The van der Waals surface area contributed by atoms with Crippen molar-refractivity contribution in [3.05, 3.63) is 65.7 Å². The number of para-hydroxylation sites is 1. The molecule has 1 aliphatic carbocycles. The van der Waals surface area contributed by atoms with Crippen molar-refractivity contribution in [2.24, 2.45) is 5.92 Å². The SMILES string of the molecule is Cc1ccccc1NC(=O)NC(Cc1ccccc1)C(=O)N1CCN(C(=O)C2CC2)C(C)C1. The molecule has 0 aromatic heterocycles. The Morgan fingerprint density at radius 1 is 1.00 bits per heavy atom. The van der Waals surface area contributed by atoms with Gasteiger partial charge < -0.3 is 20.4 Å². The number of benzene rings is 2. The molecule has 2 unspecified atom stereocenters. The highest BCUT2D eigenvalue weighted by molar-refractivity contribution is 5.94. The molecule has 2 atom stereocenters. The van der Waals surface area contributed by atoms with Crippen LogP contribution >= 0.6 is 0 Å². The van der Waals surface area contributed by atoms with Crippen LogP contribution in [0.25, 0.3) is 0 Å². The van der Waals surface area contributed by atoms with Gasteiger partial charge in [0.25, 0.3) is 0 Å². The third-order valence-corrected chi connectivity index (χ3v) is 6.43. The molecule has 2 aromatic carbocycles. The van der Waals surface area contributed by atoms with E-state index in [2.05, 4.69) is 10.6 Å². The summed E-state index contributed by atoms with van der Waals surface area (Å²) in [7, 11) is 0. The van der Waals surface area contributed by atoms with Gasteiger partial charge in [0.15, 0.2) is 0 Å². The summed E-state index contributed by atoms with van der Waals surface area (Å²) >= 11 is 0. The lowest BCUT2D eigenvalue weighted by Crippen LogP contribution is -2.59. The Morgan fingerprint density at radius 3 is 2.36 bits per heavy atom. The van der Waals surface area contributed by atoms with Gasteiger partial charge in [0.1, 0.15) is 6.04 Å². The summed E-state index contributed by atoms with van der Waals surface area (Å²) in [5.41, 5.74) is 2.63. The van der Waals surface area contributed by atoms with Crippen LogP contribution in [0, 0.1) is 12.8 Å². The number of hydrogen-bond donors (Lipinski definition) is 2. The third kappa shape index (κ3) is 5.72. The number of carbonyl (C=O) groups excluding carboxylic acids is 3. The van der Waals surface area contributed by atoms with E-state index in [0.29, 0.717) is 31.7 Å². The van der Waals surface area contributed by atoms with Crippen molar-refractivity contribution in [2.75, 3.05) is 25.0 Å². The lowest BCUT2D eigenvalue weighted by atomic mass is 10.0. The van der Waals surface area contributed by atoms with Crippen LogP contribution in [0.1, 0.15) is 30.9 Å². The van der Waals surface area contributed by atoms with E-state index in [1.165, 1.54) is 0 Å². The summed E-state index contributed by atoms with van der Waals surface area (Å²) in [6.07, 6.45) is 2.35. The molecule has 4 amide bonds. The highest BCUT2D eigenvalue weighted by atomic mass is 16.2. The van der Waals surface area contributed by atoms with Crippen LogP contribution in [0.5, 0.6) is 0 Å². The fourth-order valence-electron chi connectivity index (χ4n) is 4.35. The zero-order chi connectivity index (χ0) is 23.4. The normalized spacial score (nSPS) is 19.0. The van der Waals surface area contributed by atoms with Gasteiger partial charge in [-0.05, 0) is 43.9 Å². The van der Waals surface area contributed by atoms with E-state index in [-0.39, 0.29) is 23.8 Å². The van der Waals surface area contributed by atoms with Crippen molar-refractivity contribution < 1.29 is 14.4 Å². The first-order chi connectivity index (χ1) is 15.9. The Hall–Kier alpha value is -3.35. The second kappa shape index (κ2) is 10.1. The molecular weight excluding hydrogens is 416 g/mol. The zero-order valence-corrected chi connectivity index (χ0v) is 19.3. The molecule has 174 valence electrons. The molecule has 33 heavy (non-hydrogen) atoms. The number of amides is 4. The van der Waals surface area contributed by atoms with Crippen molar-refractivity contribution in [2.45, 2.75) is 45.2 Å². The Bertz CT molecular complexity index is 1010. The van der Waals surface area contributed by atoms with E-state index in [4.69, 9.17) is 0 Å². The Kier molecular flexibility index (Phi) is 6.96. The molecule has 0 radical (unpaired) electrons. The molecule has 0 bridgehead atoms. The molecule has 2 aliphatic rings. The predicted octanol–water partition coefficient (Wildman–Crippen LogP) is 3.20. The van der Waals surface area contributed by atoms with Crippen molar-refractivity contribution in [1.29, 1.82) is 0 Å². The molecule has 7 heteroatoms. The van der Waals surface area contributed by atoms with Crippen LogP contribution in [0.15, 0.2) is 54.6 Å². The van der Waals surface area contributed by atoms with Crippen LogP contribution < -0.4 is 10.6 Å². The summed E-state index contributed by atoms with van der Waals surface area (Å²) in [6.45, 7) is 5.41. The molecule has 2 N–H and O–H groups in total. The topological polar surface area (TPSA) is 81.8 Å². The molecule has 2 fully saturated rings. The van der Waals surface area contributed by atoms with Crippen LogP contribution in [-0.4, -0.2) is 59.4 Å². The minimum Gasteiger partial charge on any atom is -0.337 e. The van der Waals surface area contributed by atoms with Gasteiger partial charge in [0.05, 0.1) is 0 Å². The summed E-state index contributed by atoms with van der Waals surface area (Å²) < 4.78 is 0. The van der Waals surface area contributed by atoms with E-state index in [0.717, 1.165) is 24.0 Å². The first-order valence-electron chi connectivity index (χ1n) is 11.7. The number of hydrogen-bond acceptors (Lipinski definition) is 3. The Morgan fingerprint density at radius 2 is 1.70 bits per heavy atom. The number of nitrogens with zero attached hydrogens (tertiary/aromatic N) is 2. The van der Waals surface area contributed by atoms with Gasteiger partial charge in [0, 0.05) is 43.7 Å². The minimum atomic E-state index is -0.700. The van der Waals surface area contributed by atoms with Crippen molar-refractivity contribution in [3.63, 3.8) is 0 Å². The number of anilines is 1. The standard InChI is InChI=1S/C26H32N4O3/c1-18-8-6-7-11-22(18)27-26(33)28-23(16-20-9-4-3-5-10-20)25(32)29-14-15-30(19(2)17-29)24(31)21-12-13-21/h3-11,19,21,23H,12-17H2,1-2H3,(H2,27,28,33). The van der Waals surface area contributed by atoms with E-state index in [1.807, 2.05) is 73.3 Å². The van der Waals surface area contributed by atoms with Gasteiger partial charge in [-0.1, -0.05) is 48.5 Å². The monoisotopic (exact) mass is 448 g/mol. The molecule has 4 rings (SSSR count).